The molecule has 2 aromatic heterocycles. The van der Waals surface area contributed by atoms with Crippen LogP contribution in [-0.4, -0.2) is 15.9 Å². The number of nitrogens with two attached hydrogens (primary N) is 1. The van der Waals surface area contributed by atoms with Crippen LogP contribution in [0.4, 0.5) is 0 Å². The van der Waals surface area contributed by atoms with Crippen LogP contribution in [0, 0.1) is 11.3 Å². The Morgan fingerprint density at radius 3 is 3.21 bits per heavy atom. The number of nitrogens with zero attached hydrogens (tertiary/aromatic N) is 2. The summed E-state index contributed by atoms with van der Waals surface area (Å²) in [4.78, 5) is 5.84. The average molecular weight is 277 g/mol. The second kappa shape index (κ2) is 5.25. The third kappa shape index (κ3) is 2.56. The van der Waals surface area contributed by atoms with E-state index in [1.54, 1.807) is 11.3 Å². The fourth-order valence-corrected chi connectivity index (χ4v) is 4.31. The van der Waals surface area contributed by atoms with Gasteiger partial charge in [0.2, 0.25) is 0 Å². The number of hydrogen-bond donors (Lipinski definition) is 1. The molecule has 2 unspecified atom stereocenters. The molecule has 1 aliphatic rings. The molecule has 0 amide bonds. The first kappa shape index (κ1) is 13.1. The van der Waals surface area contributed by atoms with E-state index in [0.717, 1.165) is 23.8 Å². The Bertz CT molecular complexity index is 516. The Morgan fingerprint density at radius 2 is 2.47 bits per heavy atom. The molecule has 0 radical (unpaired) electrons. The molecule has 0 aromatic carbocycles. The van der Waals surface area contributed by atoms with Gasteiger partial charge in [0.1, 0.15) is 0 Å². The molecule has 104 valence electrons. The number of fused-ring (bicyclic) bond motifs is 1. The van der Waals surface area contributed by atoms with Crippen molar-refractivity contribution in [2.75, 3.05) is 6.54 Å². The maximum absolute atomic E-state index is 6.14. The van der Waals surface area contributed by atoms with Crippen LogP contribution in [0.2, 0.25) is 0 Å². The van der Waals surface area contributed by atoms with E-state index in [0.29, 0.717) is 5.41 Å². The molecule has 3 nitrogen and oxygen atoms in total. The van der Waals surface area contributed by atoms with Crippen molar-refractivity contribution >= 4 is 16.3 Å². The molecule has 0 bridgehead atoms. The first-order chi connectivity index (χ1) is 9.24. The molecule has 1 fully saturated rings. The fourth-order valence-electron chi connectivity index (χ4n) is 3.59. The summed E-state index contributed by atoms with van der Waals surface area (Å²) in [5, 5.41) is 2.08. The van der Waals surface area contributed by atoms with Gasteiger partial charge in [-0.25, -0.2) is 4.98 Å². The zero-order chi connectivity index (χ0) is 13.3. The lowest BCUT2D eigenvalue weighted by molar-refractivity contribution is 0.141. The van der Waals surface area contributed by atoms with Crippen LogP contribution in [0.25, 0.3) is 4.96 Å². The molecule has 0 aliphatic heterocycles. The minimum atomic E-state index is 0.295. The van der Waals surface area contributed by atoms with Gasteiger partial charge in [-0.2, -0.15) is 0 Å². The highest BCUT2D eigenvalue weighted by Crippen LogP contribution is 2.42. The molecular weight excluding hydrogens is 254 g/mol. The van der Waals surface area contributed by atoms with Gasteiger partial charge in [0, 0.05) is 17.8 Å². The van der Waals surface area contributed by atoms with Gasteiger partial charge in [-0.05, 0) is 37.1 Å². The molecular formula is C15H23N3S. The zero-order valence-electron chi connectivity index (χ0n) is 11.6. The third-order valence-corrected chi connectivity index (χ3v) is 5.52. The predicted octanol–water partition coefficient (Wildman–Crippen LogP) is 3.48. The van der Waals surface area contributed by atoms with Crippen LogP contribution in [0.1, 0.15) is 44.7 Å². The summed E-state index contributed by atoms with van der Waals surface area (Å²) < 4.78 is 2.13. The van der Waals surface area contributed by atoms with Crippen LogP contribution in [0.15, 0.2) is 17.8 Å². The molecule has 2 aromatic rings. The number of thiazole rings is 1. The maximum atomic E-state index is 6.14. The lowest BCUT2D eigenvalue weighted by Crippen LogP contribution is -2.37. The van der Waals surface area contributed by atoms with Crippen molar-refractivity contribution in [2.45, 2.75) is 45.4 Å². The molecule has 2 N–H and O–H groups in total. The van der Waals surface area contributed by atoms with E-state index in [4.69, 9.17) is 10.7 Å². The number of aromatic nitrogens is 2. The van der Waals surface area contributed by atoms with Crippen LogP contribution >= 0.6 is 11.3 Å². The summed E-state index contributed by atoms with van der Waals surface area (Å²) in [5.41, 5.74) is 7.65. The highest BCUT2D eigenvalue weighted by molar-refractivity contribution is 7.15. The summed E-state index contributed by atoms with van der Waals surface area (Å²) in [6.45, 7) is 3.11. The van der Waals surface area contributed by atoms with Gasteiger partial charge >= 0.3 is 0 Å². The van der Waals surface area contributed by atoms with Crippen molar-refractivity contribution in [2.24, 2.45) is 17.1 Å². The standard InChI is InChI=1S/C15H23N3S/c1-2-12-4-3-5-15(8-12,11-16)9-13-10-18-6-7-19-14(18)17-13/h6-7,10,12H,2-5,8-9,11,16H2,1H3. The highest BCUT2D eigenvalue weighted by Gasteiger charge is 2.35. The quantitative estimate of drug-likeness (QED) is 0.929. The second-order valence-electron chi connectivity index (χ2n) is 6.08. The van der Waals surface area contributed by atoms with E-state index in [2.05, 4.69) is 29.1 Å². The van der Waals surface area contributed by atoms with Crippen molar-refractivity contribution in [1.82, 2.24) is 9.38 Å². The van der Waals surface area contributed by atoms with Crippen molar-refractivity contribution in [3.63, 3.8) is 0 Å². The molecule has 1 saturated carbocycles. The van der Waals surface area contributed by atoms with E-state index >= 15 is 0 Å². The lowest BCUT2D eigenvalue weighted by atomic mass is 9.67. The molecule has 0 saturated heterocycles. The average Bonchev–Trinajstić information content (AvgIpc) is 2.99. The van der Waals surface area contributed by atoms with Crippen LogP contribution in [0.3, 0.4) is 0 Å². The normalized spacial score (nSPS) is 28.0. The van der Waals surface area contributed by atoms with Crippen molar-refractivity contribution in [3.05, 3.63) is 23.5 Å². The summed E-state index contributed by atoms with van der Waals surface area (Å²) in [5.74, 6) is 0.862. The van der Waals surface area contributed by atoms with E-state index in [1.165, 1.54) is 37.8 Å². The summed E-state index contributed by atoms with van der Waals surface area (Å²) in [6, 6.07) is 0. The van der Waals surface area contributed by atoms with Gasteiger partial charge in [0.05, 0.1) is 5.69 Å². The molecule has 2 heterocycles. The van der Waals surface area contributed by atoms with Gasteiger partial charge in [-0.3, -0.25) is 4.40 Å². The van der Waals surface area contributed by atoms with Gasteiger partial charge < -0.3 is 5.73 Å². The van der Waals surface area contributed by atoms with Crippen LogP contribution in [0.5, 0.6) is 0 Å². The molecule has 4 heteroatoms. The van der Waals surface area contributed by atoms with Gasteiger partial charge in [-0.1, -0.05) is 26.2 Å². The Kier molecular flexibility index (Phi) is 3.63. The Balaban J connectivity index is 1.80. The Morgan fingerprint density at radius 1 is 1.58 bits per heavy atom. The predicted molar refractivity (Wildman–Crippen MR) is 80.5 cm³/mol. The van der Waals surface area contributed by atoms with E-state index in [1.807, 2.05) is 0 Å². The minimum Gasteiger partial charge on any atom is -0.330 e. The Hall–Kier alpha value is -0.870. The summed E-state index contributed by atoms with van der Waals surface area (Å²) in [7, 11) is 0. The first-order valence-electron chi connectivity index (χ1n) is 7.36. The monoisotopic (exact) mass is 277 g/mol. The zero-order valence-corrected chi connectivity index (χ0v) is 12.5. The first-order valence-corrected chi connectivity index (χ1v) is 8.24. The number of hydrogen-bond acceptors (Lipinski definition) is 3. The molecule has 1 aliphatic carbocycles. The molecule has 0 spiro atoms. The fraction of sp³-hybridized carbons (Fsp3) is 0.667. The maximum Gasteiger partial charge on any atom is 0.193 e. The molecule has 3 rings (SSSR count). The van der Waals surface area contributed by atoms with Crippen molar-refractivity contribution < 1.29 is 0 Å². The SMILES string of the molecule is CCC1CCCC(CN)(Cc2cn3ccsc3n2)C1. The summed E-state index contributed by atoms with van der Waals surface area (Å²) in [6.07, 6.45) is 11.9. The van der Waals surface area contributed by atoms with Gasteiger partial charge in [0.25, 0.3) is 0 Å². The van der Waals surface area contributed by atoms with Gasteiger partial charge in [0.15, 0.2) is 4.96 Å². The molecule has 2 atom stereocenters. The van der Waals surface area contributed by atoms with Crippen LogP contribution in [-0.2, 0) is 6.42 Å². The van der Waals surface area contributed by atoms with E-state index in [-0.39, 0.29) is 0 Å². The largest absolute Gasteiger partial charge is 0.330 e. The van der Waals surface area contributed by atoms with E-state index < -0.39 is 0 Å². The third-order valence-electron chi connectivity index (χ3n) is 4.75. The van der Waals surface area contributed by atoms with Crippen molar-refractivity contribution in [3.8, 4) is 0 Å². The minimum absolute atomic E-state index is 0.295. The van der Waals surface area contributed by atoms with E-state index in [9.17, 15) is 0 Å². The lowest BCUT2D eigenvalue weighted by Gasteiger charge is -2.40. The smallest absolute Gasteiger partial charge is 0.193 e. The number of rotatable bonds is 4. The second-order valence-corrected chi connectivity index (χ2v) is 6.95. The number of imidazole rings is 1. The Labute approximate surface area is 118 Å². The topological polar surface area (TPSA) is 43.3 Å². The highest BCUT2D eigenvalue weighted by atomic mass is 32.1. The van der Waals surface area contributed by atoms with Gasteiger partial charge in [-0.15, -0.1) is 11.3 Å². The van der Waals surface area contributed by atoms with Crippen molar-refractivity contribution in [1.29, 1.82) is 0 Å². The molecule has 19 heavy (non-hydrogen) atoms. The summed E-state index contributed by atoms with van der Waals surface area (Å²) >= 11 is 1.70. The van der Waals surface area contributed by atoms with Crippen LogP contribution < -0.4 is 5.73 Å².